The molecule has 14 heteroatoms. The predicted molar refractivity (Wildman–Crippen MR) is 121 cm³/mol. The molecule has 36 heavy (non-hydrogen) atoms. The summed E-state index contributed by atoms with van der Waals surface area (Å²) in [6.45, 7) is 1.18. The van der Waals surface area contributed by atoms with Crippen molar-refractivity contribution in [3.05, 3.63) is 57.2 Å². The van der Waals surface area contributed by atoms with Crippen molar-refractivity contribution in [1.29, 1.82) is 0 Å². The van der Waals surface area contributed by atoms with Crippen molar-refractivity contribution >= 4 is 40.3 Å². The minimum atomic E-state index is -4.74. The highest BCUT2D eigenvalue weighted by Gasteiger charge is 2.40. The summed E-state index contributed by atoms with van der Waals surface area (Å²) < 4.78 is 54.3. The molecule has 2 N–H and O–H groups in total. The van der Waals surface area contributed by atoms with Gasteiger partial charge in [-0.15, -0.1) is 0 Å². The zero-order valence-electron chi connectivity index (χ0n) is 18.5. The number of anilines is 1. The van der Waals surface area contributed by atoms with Crippen LogP contribution in [0.15, 0.2) is 35.4 Å². The van der Waals surface area contributed by atoms with Crippen LogP contribution in [0.2, 0.25) is 5.02 Å². The molecule has 4 rings (SSSR count). The highest BCUT2D eigenvalue weighted by molar-refractivity contribution is 6.32. The Kier molecular flexibility index (Phi) is 6.71. The van der Waals surface area contributed by atoms with E-state index < -0.39 is 53.4 Å². The Morgan fingerprint density at radius 1 is 1.33 bits per heavy atom. The molecule has 190 valence electrons. The first kappa shape index (κ1) is 25.5. The predicted octanol–water partition coefficient (Wildman–Crippen LogP) is 2.74. The van der Waals surface area contributed by atoms with Crippen LogP contribution in [0.1, 0.15) is 30.1 Å². The quantitative estimate of drug-likeness (QED) is 0.493. The topological polar surface area (TPSA) is 117 Å². The molecular formula is C22H18ClF4N5O4. The van der Waals surface area contributed by atoms with Gasteiger partial charge in [0.25, 0.3) is 5.91 Å². The fourth-order valence-electron chi connectivity index (χ4n) is 3.81. The molecule has 0 spiro atoms. The first-order valence-corrected chi connectivity index (χ1v) is 11.0. The third-order valence-electron chi connectivity index (χ3n) is 5.59. The van der Waals surface area contributed by atoms with E-state index in [-0.39, 0.29) is 40.7 Å². The summed E-state index contributed by atoms with van der Waals surface area (Å²) in [5, 5.41) is 11.2. The monoisotopic (exact) mass is 527 g/mol. The van der Waals surface area contributed by atoms with E-state index in [1.165, 1.54) is 24.0 Å². The molecule has 0 bridgehead atoms. The summed E-state index contributed by atoms with van der Waals surface area (Å²) in [5.41, 5.74) is -1.73. The number of carbonyl (C=O) groups is 2. The molecule has 3 aromatic heterocycles. The van der Waals surface area contributed by atoms with Crippen LogP contribution in [-0.2, 0) is 4.79 Å². The summed E-state index contributed by atoms with van der Waals surface area (Å²) in [4.78, 5) is 47.5. The maximum atomic E-state index is 13.6. The summed E-state index contributed by atoms with van der Waals surface area (Å²) in [6.07, 6.45) is -4.54. The maximum absolute atomic E-state index is 13.6. The Bertz CT molecular complexity index is 1430. The number of nitrogens with zero attached hydrogens (tertiary/aromatic N) is 4. The summed E-state index contributed by atoms with van der Waals surface area (Å²) >= 11 is 6.14. The molecule has 1 aliphatic heterocycles. The van der Waals surface area contributed by atoms with Crippen molar-refractivity contribution in [3.63, 3.8) is 0 Å². The lowest BCUT2D eigenvalue weighted by molar-refractivity contribution is -0.153. The minimum absolute atomic E-state index is 0.0482. The van der Waals surface area contributed by atoms with Crippen LogP contribution in [0.3, 0.4) is 0 Å². The summed E-state index contributed by atoms with van der Waals surface area (Å²) in [7, 11) is 0. The Morgan fingerprint density at radius 3 is 2.64 bits per heavy atom. The molecule has 9 nitrogen and oxygen atoms in total. The third kappa shape index (κ3) is 4.75. The van der Waals surface area contributed by atoms with Crippen LogP contribution in [0.25, 0.3) is 16.9 Å². The van der Waals surface area contributed by atoms with Crippen LogP contribution >= 0.6 is 11.6 Å². The number of rotatable bonds is 5. The van der Waals surface area contributed by atoms with Gasteiger partial charge in [-0.3, -0.25) is 23.9 Å². The van der Waals surface area contributed by atoms with E-state index >= 15 is 0 Å². The number of β-amino-alcohol motifs (C(OH)–C–C–N with tert-alkyl or cyclic N) is 1. The number of amides is 2. The molecule has 1 fully saturated rings. The highest BCUT2D eigenvalue weighted by Crippen LogP contribution is 2.27. The van der Waals surface area contributed by atoms with Crippen molar-refractivity contribution < 1.29 is 32.3 Å². The van der Waals surface area contributed by atoms with E-state index in [2.05, 4.69) is 9.97 Å². The van der Waals surface area contributed by atoms with Crippen LogP contribution in [0, 0.1) is 5.82 Å². The van der Waals surface area contributed by atoms with Crippen molar-refractivity contribution in [1.82, 2.24) is 19.9 Å². The zero-order chi connectivity index (χ0) is 26.4. The fraction of sp³-hybridized carbons (Fsp3) is 0.318. The second-order valence-corrected chi connectivity index (χ2v) is 8.49. The van der Waals surface area contributed by atoms with E-state index in [1.54, 1.807) is 5.32 Å². The van der Waals surface area contributed by atoms with Crippen molar-refractivity contribution in [2.24, 2.45) is 0 Å². The number of nitrogens with one attached hydrogen (secondary N) is 1. The van der Waals surface area contributed by atoms with E-state index in [1.807, 2.05) is 0 Å². The average Bonchev–Trinajstić information content (AvgIpc) is 3.14. The first-order valence-electron chi connectivity index (χ1n) is 10.6. The van der Waals surface area contributed by atoms with Crippen LogP contribution in [-0.4, -0.2) is 56.3 Å². The Morgan fingerprint density at radius 2 is 2.06 bits per heavy atom. The molecule has 1 saturated heterocycles. The van der Waals surface area contributed by atoms with E-state index in [0.717, 1.165) is 23.0 Å². The second-order valence-electron chi connectivity index (χ2n) is 8.08. The molecule has 0 unspecified atom stereocenters. The standard InChI is InChI=1S/C22H18ClF4N5O4/c1-2-15(22(25,26)27)29-21(36)13-9-32(20-14(23)5-10(24)7-28-20)19-12(18(13)35)3-4-16(30-19)31-8-11(33)6-17(31)34/h3-5,7,9,11,15,33H,2,6,8H2,1H3,(H,29,36)/t11-,15+/m0/s1. The van der Waals surface area contributed by atoms with Gasteiger partial charge in [0.15, 0.2) is 11.5 Å². The van der Waals surface area contributed by atoms with Gasteiger partial charge in [-0.05, 0) is 24.6 Å². The molecule has 2 amide bonds. The number of carbonyl (C=O) groups excluding carboxylic acids is 2. The number of fused-ring (bicyclic) bond motifs is 1. The molecule has 0 aromatic carbocycles. The number of hydrogen-bond donors (Lipinski definition) is 2. The number of halogens is 5. The Balaban J connectivity index is 1.92. The Hall–Kier alpha value is -3.58. The minimum Gasteiger partial charge on any atom is -0.391 e. The van der Waals surface area contributed by atoms with Crippen LogP contribution in [0.4, 0.5) is 23.4 Å². The van der Waals surface area contributed by atoms with Crippen molar-refractivity contribution in [2.75, 3.05) is 11.4 Å². The van der Waals surface area contributed by atoms with Crippen molar-refractivity contribution in [2.45, 2.75) is 38.1 Å². The molecule has 2 atom stereocenters. The van der Waals surface area contributed by atoms with Gasteiger partial charge in [-0.25, -0.2) is 14.4 Å². The number of aromatic nitrogens is 3. The van der Waals surface area contributed by atoms with Crippen LogP contribution in [0.5, 0.6) is 0 Å². The number of alkyl halides is 3. The largest absolute Gasteiger partial charge is 0.408 e. The second kappa shape index (κ2) is 9.47. The van der Waals surface area contributed by atoms with Gasteiger partial charge in [0.2, 0.25) is 11.3 Å². The van der Waals surface area contributed by atoms with E-state index in [0.29, 0.717) is 0 Å². The van der Waals surface area contributed by atoms with Gasteiger partial charge in [0.05, 0.1) is 35.7 Å². The molecular weight excluding hydrogens is 510 g/mol. The van der Waals surface area contributed by atoms with Gasteiger partial charge in [0.1, 0.15) is 23.2 Å². The SMILES string of the molecule is CC[C@@H](NC(=O)c1cn(-c2ncc(F)cc2Cl)c2nc(N3C[C@@H](O)CC3=O)ccc2c1=O)C(F)(F)F. The molecule has 1 aliphatic rings. The van der Waals surface area contributed by atoms with Gasteiger partial charge in [-0.2, -0.15) is 13.2 Å². The fourth-order valence-corrected chi connectivity index (χ4v) is 4.06. The number of aliphatic hydroxyl groups excluding tert-OH is 1. The lowest BCUT2D eigenvalue weighted by atomic mass is 10.1. The zero-order valence-corrected chi connectivity index (χ0v) is 19.3. The molecule has 4 heterocycles. The maximum Gasteiger partial charge on any atom is 0.408 e. The third-order valence-corrected chi connectivity index (χ3v) is 5.87. The van der Waals surface area contributed by atoms with E-state index in [4.69, 9.17) is 11.6 Å². The smallest absolute Gasteiger partial charge is 0.391 e. The number of pyridine rings is 3. The van der Waals surface area contributed by atoms with Gasteiger partial charge in [-0.1, -0.05) is 18.5 Å². The number of aliphatic hydroxyl groups is 1. The molecule has 0 radical (unpaired) electrons. The first-order chi connectivity index (χ1) is 16.9. The van der Waals surface area contributed by atoms with E-state index in [9.17, 15) is 37.1 Å². The molecule has 0 saturated carbocycles. The normalized spacial score (nSPS) is 17.0. The Labute approximate surface area is 205 Å². The lowest BCUT2D eigenvalue weighted by Crippen LogP contribution is -2.46. The summed E-state index contributed by atoms with van der Waals surface area (Å²) in [5.74, 6) is -2.60. The van der Waals surface area contributed by atoms with Gasteiger partial charge in [0, 0.05) is 6.20 Å². The lowest BCUT2D eigenvalue weighted by Gasteiger charge is -2.21. The highest BCUT2D eigenvalue weighted by atomic mass is 35.5. The molecule has 0 aliphatic carbocycles. The molecule has 3 aromatic rings. The van der Waals surface area contributed by atoms with Crippen LogP contribution < -0.4 is 15.6 Å². The van der Waals surface area contributed by atoms with Gasteiger partial charge < -0.3 is 10.4 Å². The average molecular weight is 528 g/mol. The number of hydrogen-bond acceptors (Lipinski definition) is 6. The van der Waals surface area contributed by atoms with Gasteiger partial charge >= 0.3 is 6.18 Å². The summed E-state index contributed by atoms with van der Waals surface area (Å²) in [6, 6.07) is 1.25. The van der Waals surface area contributed by atoms with Crippen molar-refractivity contribution in [3.8, 4) is 5.82 Å².